The number of nitrogens with two attached hydrogens (primary N) is 1. The van der Waals surface area contributed by atoms with Crippen LogP contribution in [0.3, 0.4) is 0 Å². The maximum absolute atomic E-state index is 14.2. The Bertz CT molecular complexity index is 1170. The molecule has 34 heavy (non-hydrogen) atoms. The standard InChI is InChI=1S/C25H22ClFN2O5/c26-19-8-6-15(7-9-19)21(29-25(28)31)12-22(30)32-13-17-10-20(27)11-18-14-33-24(34-23(17)18)16-4-2-1-3-5-16/h1-11,21,24H,12-14H2,(H3,28,29,31)/t21-,24+/m1/s1. The minimum atomic E-state index is -0.785. The van der Waals surface area contributed by atoms with Crippen LogP contribution in [0.4, 0.5) is 9.18 Å². The lowest BCUT2D eigenvalue weighted by molar-refractivity contribution is -0.145. The van der Waals surface area contributed by atoms with Gasteiger partial charge in [-0.1, -0.05) is 54.1 Å². The number of fused-ring (bicyclic) bond motifs is 1. The number of urea groups is 1. The Morgan fingerprint density at radius 2 is 1.88 bits per heavy atom. The van der Waals surface area contributed by atoms with Gasteiger partial charge < -0.3 is 25.3 Å². The van der Waals surface area contributed by atoms with Crippen molar-refractivity contribution in [3.05, 3.63) is 99.8 Å². The van der Waals surface area contributed by atoms with Crippen molar-refractivity contribution in [1.82, 2.24) is 5.32 Å². The number of ether oxygens (including phenoxy) is 3. The first-order chi connectivity index (χ1) is 16.4. The van der Waals surface area contributed by atoms with Crippen molar-refractivity contribution in [2.75, 3.05) is 0 Å². The van der Waals surface area contributed by atoms with Gasteiger partial charge in [-0.25, -0.2) is 9.18 Å². The molecule has 0 unspecified atom stereocenters. The third kappa shape index (κ3) is 5.84. The molecule has 1 aliphatic heterocycles. The van der Waals surface area contributed by atoms with Gasteiger partial charge in [0.15, 0.2) is 0 Å². The van der Waals surface area contributed by atoms with E-state index in [1.165, 1.54) is 12.1 Å². The molecular formula is C25H22ClFN2O5. The molecule has 9 heteroatoms. The Morgan fingerprint density at radius 3 is 2.59 bits per heavy atom. The van der Waals surface area contributed by atoms with Gasteiger partial charge in [0.05, 0.1) is 19.1 Å². The summed E-state index contributed by atoms with van der Waals surface area (Å²) in [5.74, 6) is -0.693. The van der Waals surface area contributed by atoms with E-state index >= 15 is 0 Å². The van der Waals surface area contributed by atoms with Crippen molar-refractivity contribution >= 4 is 23.6 Å². The molecule has 0 spiro atoms. The fraction of sp³-hybridized carbons (Fsp3) is 0.200. The van der Waals surface area contributed by atoms with Crippen molar-refractivity contribution in [3.8, 4) is 5.75 Å². The molecule has 2 amide bonds. The van der Waals surface area contributed by atoms with Gasteiger partial charge in [-0.3, -0.25) is 4.79 Å². The van der Waals surface area contributed by atoms with Gasteiger partial charge in [0.25, 0.3) is 0 Å². The van der Waals surface area contributed by atoms with Crippen LogP contribution in [0.15, 0.2) is 66.7 Å². The lowest BCUT2D eigenvalue weighted by atomic mass is 10.0. The first-order valence-corrected chi connectivity index (χ1v) is 10.9. The second kappa shape index (κ2) is 10.5. The molecule has 0 aromatic heterocycles. The highest BCUT2D eigenvalue weighted by Crippen LogP contribution is 2.37. The molecule has 0 saturated carbocycles. The normalized spacial score (nSPS) is 15.5. The summed E-state index contributed by atoms with van der Waals surface area (Å²) < 4.78 is 31.3. The molecule has 0 aliphatic carbocycles. The van der Waals surface area contributed by atoms with Gasteiger partial charge in [-0.15, -0.1) is 0 Å². The maximum Gasteiger partial charge on any atom is 0.312 e. The Labute approximate surface area is 200 Å². The number of rotatable bonds is 7. The molecule has 0 fully saturated rings. The largest absolute Gasteiger partial charge is 0.461 e. The number of carbonyl (C=O) groups is 2. The minimum Gasteiger partial charge on any atom is -0.461 e. The summed E-state index contributed by atoms with van der Waals surface area (Å²) in [6.07, 6.45) is -0.846. The Balaban J connectivity index is 1.46. The van der Waals surface area contributed by atoms with Gasteiger partial charge in [0.1, 0.15) is 18.2 Å². The van der Waals surface area contributed by atoms with Gasteiger partial charge >= 0.3 is 12.0 Å². The molecule has 0 saturated heterocycles. The molecule has 7 nitrogen and oxygen atoms in total. The molecule has 3 aromatic rings. The topological polar surface area (TPSA) is 99.9 Å². The van der Waals surface area contributed by atoms with Crippen LogP contribution in [-0.4, -0.2) is 12.0 Å². The van der Waals surface area contributed by atoms with E-state index in [4.69, 9.17) is 31.5 Å². The molecule has 0 radical (unpaired) electrons. The highest BCUT2D eigenvalue weighted by atomic mass is 35.5. The summed E-state index contributed by atoms with van der Waals surface area (Å²) in [4.78, 5) is 24.0. The summed E-state index contributed by atoms with van der Waals surface area (Å²) in [5.41, 5.74) is 7.59. The fourth-order valence-electron chi connectivity index (χ4n) is 3.66. The second-order valence-electron chi connectivity index (χ2n) is 7.70. The zero-order chi connectivity index (χ0) is 24.1. The average Bonchev–Trinajstić information content (AvgIpc) is 2.82. The van der Waals surface area contributed by atoms with Crippen LogP contribution in [-0.2, 0) is 27.5 Å². The average molecular weight is 485 g/mol. The molecule has 176 valence electrons. The maximum atomic E-state index is 14.2. The number of benzene rings is 3. The second-order valence-corrected chi connectivity index (χ2v) is 8.14. The molecule has 3 N–H and O–H groups in total. The van der Waals surface area contributed by atoms with Crippen LogP contribution in [0, 0.1) is 5.82 Å². The lowest BCUT2D eigenvalue weighted by Gasteiger charge is -2.28. The van der Waals surface area contributed by atoms with Crippen LogP contribution in [0.2, 0.25) is 5.02 Å². The van der Waals surface area contributed by atoms with Gasteiger partial charge in [-0.2, -0.15) is 0 Å². The Morgan fingerprint density at radius 1 is 1.15 bits per heavy atom. The molecular weight excluding hydrogens is 463 g/mol. The third-order valence-electron chi connectivity index (χ3n) is 5.24. The van der Waals surface area contributed by atoms with E-state index < -0.39 is 30.1 Å². The number of halogens is 2. The molecule has 3 aromatic carbocycles. The van der Waals surface area contributed by atoms with Crippen LogP contribution >= 0.6 is 11.6 Å². The van der Waals surface area contributed by atoms with E-state index in [-0.39, 0.29) is 19.6 Å². The zero-order valence-electron chi connectivity index (χ0n) is 18.0. The Hall–Kier alpha value is -3.62. The summed E-state index contributed by atoms with van der Waals surface area (Å²) in [7, 11) is 0. The van der Waals surface area contributed by atoms with Gasteiger partial charge in [-0.05, 0) is 29.8 Å². The number of primary amides is 1. The number of nitrogens with one attached hydrogen (secondary N) is 1. The van der Waals surface area contributed by atoms with E-state index in [0.29, 0.717) is 27.5 Å². The van der Waals surface area contributed by atoms with Crippen molar-refractivity contribution in [2.24, 2.45) is 5.73 Å². The lowest BCUT2D eigenvalue weighted by Crippen LogP contribution is -2.34. The number of amides is 2. The highest BCUT2D eigenvalue weighted by Gasteiger charge is 2.26. The first kappa shape index (κ1) is 23.5. The zero-order valence-corrected chi connectivity index (χ0v) is 18.8. The number of hydrogen-bond donors (Lipinski definition) is 2. The van der Waals surface area contributed by atoms with Crippen LogP contribution in [0.1, 0.15) is 41.0 Å². The van der Waals surface area contributed by atoms with Crippen molar-refractivity contribution < 1.29 is 28.2 Å². The third-order valence-corrected chi connectivity index (χ3v) is 5.49. The van der Waals surface area contributed by atoms with Crippen molar-refractivity contribution in [3.63, 3.8) is 0 Å². The number of esters is 1. The predicted molar refractivity (Wildman–Crippen MR) is 122 cm³/mol. The van der Waals surface area contributed by atoms with Gasteiger partial charge in [0, 0.05) is 21.7 Å². The molecule has 0 bridgehead atoms. The predicted octanol–water partition coefficient (Wildman–Crippen LogP) is 4.93. The summed E-state index contributed by atoms with van der Waals surface area (Å²) in [6.45, 7) is -0.0703. The number of carbonyl (C=O) groups excluding carboxylic acids is 2. The Kier molecular flexibility index (Phi) is 7.30. The summed E-state index contributed by atoms with van der Waals surface area (Å²) in [6, 6.07) is 17.1. The quantitative estimate of drug-likeness (QED) is 0.463. The van der Waals surface area contributed by atoms with E-state index in [0.717, 1.165) is 5.56 Å². The van der Waals surface area contributed by atoms with E-state index in [1.807, 2.05) is 30.3 Å². The molecule has 1 heterocycles. The first-order valence-electron chi connectivity index (χ1n) is 10.5. The number of hydrogen-bond acceptors (Lipinski definition) is 5. The van der Waals surface area contributed by atoms with Crippen LogP contribution in [0.25, 0.3) is 0 Å². The monoisotopic (exact) mass is 484 g/mol. The van der Waals surface area contributed by atoms with Crippen LogP contribution in [0.5, 0.6) is 5.75 Å². The van der Waals surface area contributed by atoms with Gasteiger partial charge in [0.2, 0.25) is 6.29 Å². The summed E-state index contributed by atoms with van der Waals surface area (Å²) >= 11 is 5.91. The van der Waals surface area contributed by atoms with E-state index in [2.05, 4.69) is 5.32 Å². The van der Waals surface area contributed by atoms with Crippen molar-refractivity contribution in [2.45, 2.75) is 32.0 Å². The fourth-order valence-corrected chi connectivity index (χ4v) is 3.79. The SMILES string of the molecule is NC(=O)N[C@H](CC(=O)OCc1cc(F)cc2c1O[C@@H](c1ccccc1)OC2)c1ccc(Cl)cc1. The highest BCUT2D eigenvalue weighted by molar-refractivity contribution is 6.30. The summed E-state index contributed by atoms with van der Waals surface area (Å²) in [5, 5.41) is 3.03. The van der Waals surface area contributed by atoms with Crippen LogP contribution < -0.4 is 15.8 Å². The van der Waals surface area contributed by atoms with E-state index in [9.17, 15) is 14.0 Å². The smallest absolute Gasteiger partial charge is 0.312 e. The minimum absolute atomic E-state index is 0.148. The van der Waals surface area contributed by atoms with Crippen molar-refractivity contribution in [1.29, 1.82) is 0 Å². The van der Waals surface area contributed by atoms with E-state index in [1.54, 1.807) is 24.3 Å². The molecule has 4 rings (SSSR count). The molecule has 2 atom stereocenters. The molecule has 1 aliphatic rings.